The first kappa shape index (κ1) is 90.4. The summed E-state index contributed by atoms with van der Waals surface area (Å²) in [4.78, 5) is 47.6. The first-order chi connectivity index (χ1) is 52.9. The molecule has 12 aromatic rings. The number of benzene rings is 12. The molecular formula is C91H75Br2Cl4NNaO5P2S6+. The predicted molar refractivity (Wildman–Crippen MR) is 489 cm³/mol. The Morgan fingerprint density at radius 1 is 0.375 bits per heavy atom. The number of ketones is 1. The Balaban J connectivity index is 0.000000162. The molecule has 1 unspecified atom stereocenters. The standard InChI is InChI=1S/C30H23O2PS2.2C15H11BrS.C15H12S.C14H10OS.CCl4.CH4.H3N.Na.HO2P/c31-33(32,19-23-17-21-9-1-5-13-27(21)34-29-15-7-3-11-25(23)29)20-24-18-22-10-2-6-14-28(22)35-30-16-8-4-12-26(24)30;2*16-10-12-9-11-5-1-3-7-14(11)17-15-8-4-2-6-13(12)15;1-11-10-12-6-2-4-8-14(12)16-15-9-5-3-7-13(11)15;15-12-9-10-5-1-3-7-13(10)16-14-8-4-2-6-11(12)14;2-1(3,4)5;;;;1-3-2/h1-18H,19-20H2,(H,31,32);2*1-9H,10H2;2-10H,1H3;1-8H,9H2;;1H4;1H3;;3H/q;;;;;;;;+1;. The number of halogens is 6. The second-order valence-electron chi connectivity index (χ2n) is 24.9. The van der Waals surface area contributed by atoms with Gasteiger partial charge in [-0.3, -0.25) is 4.79 Å². The maximum Gasteiger partial charge on any atom is 1.00 e. The van der Waals surface area contributed by atoms with Crippen LogP contribution in [0.3, 0.4) is 0 Å². The van der Waals surface area contributed by atoms with Crippen molar-refractivity contribution in [2.24, 2.45) is 0 Å². The smallest absolute Gasteiger partial charge is 0.799 e. The molecule has 0 saturated heterocycles. The van der Waals surface area contributed by atoms with Crippen LogP contribution in [0.15, 0.2) is 350 Å². The third kappa shape index (κ3) is 24.8. The Labute approximate surface area is 743 Å². The van der Waals surface area contributed by atoms with E-state index in [4.69, 9.17) is 55.9 Å². The van der Waals surface area contributed by atoms with Crippen molar-refractivity contribution < 1.29 is 53.3 Å². The Kier molecular flexibility index (Phi) is 35.6. The summed E-state index contributed by atoms with van der Waals surface area (Å²) >= 11 is 37.1. The van der Waals surface area contributed by atoms with Gasteiger partial charge in [0.15, 0.2) is 5.78 Å². The van der Waals surface area contributed by atoms with Crippen LogP contribution < -0.4 is 40.6 Å². The largest absolute Gasteiger partial charge is 1.00 e. The fourth-order valence-corrected chi connectivity index (χ4v) is 21.7. The number of carbonyl (C=O) groups is 1. The molecule has 0 aromatic heterocycles. The number of fused-ring (bicyclic) bond motifs is 12. The van der Waals surface area contributed by atoms with Crippen LogP contribution >= 0.6 is 165 Å². The van der Waals surface area contributed by atoms with Crippen molar-refractivity contribution >= 4 is 229 Å². The minimum Gasteiger partial charge on any atom is -0.799 e. The molecule has 0 bridgehead atoms. The van der Waals surface area contributed by atoms with E-state index in [1.54, 1.807) is 35.3 Å². The molecule has 112 heavy (non-hydrogen) atoms. The summed E-state index contributed by atoms with van der Waals surface area (Å²) in [7, 11) is -4.97. The van der Waals surface area contributed by atoms with E-state index in [0.717, 1.165) is 79.7 Å². The van der Waals surface area contributed by atoms with Gasteiger partial charge in [-0.1, -0.05) is 381 Å². The molecule has 0 saturated carbocycles. The van der Waals surface area contributed by atoms with Gasteiger partial charge in [-0.05, 0) is 198 Å². The summed E-state index contributed by atoms with van der Waals surface area (Å²) in [5.74, 6) is 0.216. The van der Waals surface area contributed by atoms with Crippen LogP contribution in [0, 0.1) is 0 Å². The number of rotatable bonds is 6. The van der Waals surface area contributed by atoms with Crippen molar-refractivity contribution in [2.45, 2.75) is 82.8 Å². The molecule has 6 nitrogen and oxygen atoms in total. The first-order valence-electron chi connectivity index (χ1n) is 34.3. The fourth-order valence-electron chi connectivity index (χ4n) is 12.6. The van der Waals surface area contributed by atoms with Gasteiger partial charge >= 0.3 is 38.2 Å². The normalized spacial score (nSPS) is 13.2. The maximum atomic E-state index is 13.8. The molecule has 6 heterocycles. The second-order valence-corrected chi connectivity index (χ2v) is 38.4. The number of alkyl halides is 6. The molecule has 0 aliphatic carbocycles. The fraction of sp³-hybridized carbons (Fsp3) is 0.0879. The minimum absolute atomic E-state index is 0. The average Bonchev–Trinajstić information content (AvgIpc) is 1.63. The summed E-state index contributed by atoms with van der Waals surface area (Å²) in [6.45, 7) is 2.18. The van der Waals surface area contributed by atoms with Gasteiger partial charge in [0.25, 0.3) is 3.25 Å². The minimum atomic E-state index is -3.81. The molecule has 6 aliphatic heterocycles. The number of allylic oxidation sites excluding steroid dienone is 5. The third-order valence-corrected chi connectivity index (χ3v) is 27.4. The monoisotopic (exact) mass is 1840 g/mol. The molecule has 1 atom stereocenters. The summed E-state index contributed by atoms with van der Waals surface area (Å²) < 4.78 is 20.7. The van der Waals surface area contributed by atoms with E-state index in [2.05, 4.69) is 257 Å². The number of Topliss-reactive ketones (excluding diaryl/α,β-unsaturated/α-hetero) is 1. The second kappa shape index (κ2) is 44.1. The van der Waals surface area contributed by atoms with E-state index in [1.807, 2.05) is 138 Å². The van der Waals surface area contributed by atoms with Crippen molar-refractivity contribution in [3.8, 4) is 0 Å². The van der Waals surface area contributed by atoms with Crippen LogP contribution in [0.2, 0.25) is 0 Å². The molecule has 0 radical (unpaired) electrons. The van der Waals surface area contributed by atoms with Gasteiger partial charge < -0.3 is 15.6 Å². The zero-order valence-electron chi connectivity index (χ0n) is 60.1. The van der Waals surface area contributed by atoms with Crippen molar-refractivity contribution in [2.75, 3.05) is 23.0 Å². The predicted octanol–water partition coefficient (Wildman–Crippen LogP) is 26.8. The molecule has 12 aromatic carbocycles. The van der Waals surface area contributed by atoms with Crippen molar-refractivity contribution in [1.29, 1.82) is 0 Å². The Bertz CT molecular complexity index is 5310. The summed E-state index contributed by atoms with van der Waals surface area (Å²) in [5.41, 5.74) is 19.8. The summed E-state index contributed by atoms with van der Waals surface area (Å²) in [5, 5.41) is 1.78. The van der Waals surface area contributed by atoms with Crippen LogP contribution in [0.5, 0.6) is 0 Å². The van der Waals surface area contributed by atoms with Crippen LogP contribution in [0.25, 0.3) is 58.2 Å². The van der Waals surface area contributed by atoms with E-state index in [-0.39, 0.29) is 61.2 Å². The Hall–Kier alpha value is -5.56. The van der Waals surface area contributed by atoms with Gasteiger partial charge in [-0.2, -0.15) is 4.89 Å². The Morgan fingerprint density at radius 3 is 0.911 bits per heavy atom. The zero-order valence-corrected chi connectivity index (χ0v) is 75.1. The molecule has 6 aliphatic rings. The third-order valence-electron chi connectivity index (χ3n) is 17.5. The molecule has 0 fully saturated rings. The van der Waals surface area contributed by atoms with Crippen LogP contribution in [-0.4, -0.2) is 36.9 Å². The van der Waals surface area contributed by atoms with E-state index in [0.29, 0.717) is 6.42 Å². The van der Waals surface area contributed by atoms with Crippen molar-refractivity contribution in [3.63, 3.8) is 0 Å². The number of carbonyl (C=O) groups excluding carboxylic acids is 1. The van der Waals surface area contributed by atoms with Crippen molar-refractivity contribution in [3.05, 3.63) is 358 Å². The number of hydrogen-bond donors (Lipinski definition) is 2. The quantitative estimate of drug-likeness (QED) is 0.0934. The SMILES string of the molecule is BrCC1=Cc2ccccc2Sc2ccccc21.BrCC1=Cc2ccccc2Sc2ccccc21.C.CC1=Cc2ccccc2Sc2ccccc21.ClC(Cl)(Cl)Cl.N.O=C1Cc2ccccc2Sc2ccccc21.O=P([O-])(CC1=Cc2ccccc2Sc2ccccc21)CC1=Cc2ccccc2Sc2ccccc21.O=[PH+]O.[Na+]. The van der Waals surface area contributed by atoms with Gasteiger partial charge in [0.2, 0.25) is 0 Å². The van der Waals surface area contributed by atoms with Gasteiger partial charge in [-0.25, -0.2) is 0 Å². The van der Waals surface area contributed by atoms with E-state index >= 15 is 0 Å². The van der Waals surface area contributed by atoms with E-state index < -0.39 is 19.3 Å². The first-order valence-corrected chi connectivity index (χ1v) is 45.8. The van der Waals surface area contributed by atoms with Crippen LogP contribution in [0.4, 0.5) is 0 Å². The summed E-state index contributed by atoms with van der Waals surface area (Å²) in [6.07, 6.45) is 11.5. The molecule has 21 heteroatoms. The van der Waals surface area contributed by atoms with Gasteiger partial charge in [-0.15, -0.1) is 0 Å². The van der Waals surface area contributed by atoms with Gasteiger partial charge in [0.05, 0.1) is 0 Å². The molecular weight excluding hydrogens is 1770 g/mol. The van der Waals surface area contributed by atoms with E-state index in [9.17, 15) is 14.3 Å². The molecule has 0 amide bonds. The van der Waals surface area contributed by atoms with Gasteiger partial charge in [0, 0.05) is 101 Å². The van der Waals surface area contributed by atoms with Crippen LogP contribution in [-0.2, 0) is 15.6 Å². The molecule has 562 valence electrons. The summed E-state index contributed by atoms with van der Waals surface area (Å²) in [6, 6.07) is 100.0. The average molecular weight is 1840 g/mol. The zero-order chi connectivity index (χ0) is 76.3. The molecule has 4 N–H and O–H groups in total. The topological polar surface area (TPSA) is 130 Å². The van der Waals surface area contributed by atoms with E-state index in [1.165, 1.54) is 84.4 Å². The van der Waals surface area contributed by atoms with Crippen molar-refractivity contribution in [1.82, 2.24) is 6.15 Å². The Morgan fingerprint density at radius 2 is 0.589 bits per heavy atom. The van der Waals surface area contributed by atoms with Crippen LogP contribution in [0.1, 0.15) is 85.9 Å². The number of hydrogen-bond acceptors (Lipinski definition) is 11. The molecule has 0 spiro atoms. The molecule has 18 rings (SSSR count). The maximum absolute atomic E-state index is 13.8. The van der Waals surface area contributed by atoms with Gasteiger partial charge in [0.1, 0.15) is 0 Å².